The average Bonchev–Trinajstić information content (AvgIpc) is 2.95. The van der Waals surface area contributed by atoms with Crippen LogP contribution in [0.1, 0.15) is 38.2 Å². The number of amides is 1. The fourth-order valence-corrected chi connectivity index (χ4v) is 4.30. The molecule has 6 heteroatoms. The highest BCUT2D eigenvalue weighted by Crippen LogP contribution is 2.31. The molecule has 1 atom stereocenters. The standard InChI is InChI=1S/C33H33NO5/c1-23-16-24(2)18-28(17-23)32(35)34-29(33(36)37-3)19-27-14-15-30(38-21-25-10-6-4-7-11-25)31(20-27)39-22-26-12-8-5-9-13-26/h4-18,20,29H,19,21-22H2,1-3H3,(H,34,35)/t29-/m1/s1. The maximum absolute atomic E-state index is 13.0. The molecule has 1 amide bonds. The van der Waals surface area contributed by atoms with E-state index >= 15 is 0 Å². The molecule has 4 rings (SSSR count). The first kappa shape index (κ1) is 27.5. The van der Waals surface area contributed by atoms with Crippen molar-refractivity contribution in [3.63, 3.8) is 0 Å². The molecule has 0 heterocycles. The van der Waals surface area contributed by atoms with Gasteiger partial charge in [-0.2, -0.15) is 0 Å². The lowest BCUT2D eigenvalue weighted by atomic mass is 10.0. The van der Waals surface area contributed by atoms with E-state index in [0.29, 0.717) is 30.3 Å². The number of carbonyl (C=O) groups excluding carboxylic acids is 2. The number of benzene rings is 4. The quantitative estimate of drug-likeness (QED) is 0.245. The van der Waals surface area contributed by atoms with Crippen LogP contribution < -0.4 is 14.8 Å². The van der Waals surface area contributed by atoms with Gasteiger partial charge in [0, 0.05) is 12.0 Å². The van der Waals surface area contributed by atoms with Crippen molar-refractivity contribution < 1.29 is 23.8 Å². The minimum atomic E-state index is -0.874. The Morgan fingerprint density at radius 1 is 0.692 bits per heavy atom. The van der Waals surface area contributed by atoms with Gasteiger partial charge in [-0.15, -0.1) is 0 Å². The van der Waals surface area contributed by atoms with Crippen molar-refractivity contribution in [1.82, 2.24) is 5.32 Å². The Kier molecular flexibility index (Phi) is 9.35. The van der Waals surface area contributed by atoms with Gasteiger partial charge in [0.1, 0.15) is 19.3 Å². The van der Waals surface area contributed by atoms with Crippen LogP contribution in [-0.2, 0) is 29.2 Å². The first-order valence-corrected chi connectivity index (χ1v) is 12.8. The van der Waals surface area contributed by atoms with Gasteiger partial charge in [-0.3, -0.25) is 4.79 Å². The molecule has 39 heavy (non-hydrogen) atoms. The zero-order chi connectivity index (χ0) is 27.6. The van der Waals surface area contributed by atoms with Gasteiger partial charge in [0.15, 0.2) is 11.5 Å². The molecule has 0 aliphatic heterocycles. The van der Waals surface area contributed by atoms with Crippen molar-refractivity contribution in [2.24, 2.45) is 0 Å². The fourth-order valence-electron chi connectivity index (χ4n) is 4.30. The molecule has 0 fully saturated rings. The maximum Gasteiger partial charge on any atom is 0.328 e. The molecule has 0 bridgehead atoms. The second-order valence-corrected chi connectivity index (χ2v) is 9.46. The van der Waals surface area contributed by atoms with Gasteiger partial charge in [0.25, 0.3) is 5.91 Å². The van der Waals surface area contributed by atoms with Crippen LogP contribution in [0.5, 0.6) is 11.5 Å². The molecule has 0 aliphatic rings. The van der Waals surface area contributed by atoms with Crippen LogP contribution in [0.25, 0.3) is 0 Å². The maximum atomic E-state index is 13.0. The zero-order valence-corrected chi connectivity index (χ0v) is 22.5. The van der Waals surface area contributed by atoms with Crippen LogP contribution in [0, 0.1) is 13.8 Å². The third-order valence-corrected chi connectivity index (χ3v) is 6.20. The SMILES string of the molecule is COC(=O)[C@@H](Cc1ccc(OCc2ccccc2)c(OCc2ccccc2)c1)NC(=O)c1cc(C)cc(C)c1. The van der Waals surface area contributed by atoms with Crippen LogP contribution in [0.3, 0.4) is 0 Å². The third-order valence-electron chi connectivity index (χ3n) is 6.20. The smallest absolute Gasteiger partial charge is 0.328 e. The predicted octanol–water partition coefficient (Wildman–Crippen LogP) is 5.98. The fraction of sp³-hybridized carbons (Fsp3) is 0.212. The first-order valence-electron chi connectivity index (χ1n) is 12.8. The molecule has 0 aliphatic carbocycles. The van der Waals surface area contributed by atoms with Crippen molar-refractivity contribution in [1.29, 1.82) is 0 Å². The molecule has 6 nitrogen and oxygen atoms in total. The highest BCUT2D eigenvalue weighted by atomic mass is 16.5. The Balaban J connectivity index is 1.54. The van der Waals surface area contributed by atoms with Crippen LogP contribution in [0.2, 0.25) is 0 Å². The Labute approximate surface area is 229 Å². The van der Waals surface area contributed by atoms with Crippen molar-refractivity contribution in [2.75, 3.05) is 7.11 Å². The topological polar surface area (TPSA) is 73.9 Å². The average molecular weight is 524 g/mol. The lowest BCUT2D eigenvalue weighted by Crippen LogP contribution is -2.43. The number of ether oxygens (including phenoxy) is 3. The first-order chi connectivity index (χ1) is 18.9. The number of rotatable bonds is 11. The molecule has 0 spiro atoms. The van der Waals surface area contributed by atoms with E-state index in [4.69, 9.17) is 14.2 Å². The lowest BCUT2D eigenvalue weighted by Gasteiger charge is -2.19. The summed E-state index contributed by atoms with van der Waals surface area (Å²) < 4.78 is 17.3. The summed E-state index contributed by atoms with van der Waals surface area (Å²) >= 11 is 0. The summed E-state index contributed by atoms with van der Waals surface area (Å²) in [7, 11) is 1.31. The van der Waals surface area contributed by atoms with Gasteiger partial charge in [0.05, 0.1) is 7.11 Å². The second kappa shape index (κ2) is 13.3. The third kappa shape index (κ3) is 7.95. The van der Waals surface area contributed by atoms with E-state index in [2.05, 4.69) is 5.32 Å². The van der Waals surface area contributed by atoms with Gasteiger partial charge in [-0.25, -0.2) is 4.79 Å². The highest BCUT2D eigenvalue weighted by molar-refractivity contribution is 5.97. The number of carbonyl (C=O) groups is 2. The number of nitrogens with one attached hydrogen (secondary N) is 1. The van der Waals surface area contributed by atoms with Gasteiger partial charge in [-0.05, 0) is 54.8 Å². The summed E-state index contributed by atoms with van der Waals surface area (Å²) in [6, 6.07) is 30.0. The van der Waals surface area contributed by atoms with E-state index in [-0.39, 0.29) is 12.3 Å². The van der Waals surface area contributed by atoms with Gasteiger partial charge in [-0.1, -0.05) is 83.9 Å². The number of hydrogen-bond donors (Lipinski definition) is 1. The Morgan fingerprint density at radius 3 is 1.82 bits per heavy atom. The lowest BCUT2D eigenvalue weighted by molar-refractivity contribution is -0.142. The van der Waals surface area contributed by atoms with Gasteiger partial charge in [0.2, 0.25) is 0 Å². The second-order valence-electron chi connectivity index (χ2n) is 9.46. The Morgan fingerprint density at radius 2 is 1.26 bits per heavy atom. The normalized spacial score (nSPS) is 11.4. The zero-order valence-electron chi connectivity index (χ0n) is 22.5. The number of aryl methyl sites for hydroxylation is 2. The van der Waals surface area contributed by atoms with E-state index in [1.54, 1.807) is 12.1 Å². The molecule has 0 radical (unpaired) electrons. The van der Waals surface area contributed by atoms with Crippen molar-refractivity contribution in [2.45, 2.75) is 39.5 Å². The molecule has 1 N–H and O–H groups in total. The van der Waals surface area contributed by atoms with Crippen LogP contribution >= 0.6 is 0 Å². The van der Waals surface area contributed by atoms with Crippen LogP contribution in [0.4, 0.5) is 0 Å². The van der Waals surface area contributed by atoms with Crippen molar-refractivity contribution in [3.05, 3.63) is 130 Å². The minimum Gasteiger partial charge on any atom is -0.485 e. The molecule has 0 saturated carbocycles. The predicted molar refractivity (Wildman–Crippen MR) is 151 cm³/mol. The summed E-state index contributed by atoms with van der Waals surface area (Å²) in [6.45, 7) is 4.61. The minimum absolute atomic E-state index is 0.226. The van der Waals surface area contributed by atoms with E-state index in [1.807, 2.05) is 98.8 Å². The monoisotopic (exact) mass is 523 g/mol. The molecular formula is C33H33NO5. The number of hydrogen-bond acceptors (Lipinski definition) is 5. The Bertz CT molecular complexity index is 1380. The highest BCUT2D eigenvalue weighted by Gasteiger charge is 2.24. The van der Waals surface area contributed by atoms with Crippen LogP contribution in [0.15, 0.2) is 97.1 Å². The number of esters is 1. The van der Waals surface area contributed by atoms with Gasteiger partial charge >= 0.3 is 5.97 Å². The summed E-state index contributed by atoms with van der Waals surface area (Å²) in [5, 5.41) is 2.84. The molecule has 4 aromatic rings. The van der Waals surface area contributed by atoms with E-state index in [0.717, 1.165) is 27.8 Å². The van der Waals surface area contributed by atoms with Gasteiger partial charge < -0.3 is 19.5 Å². The Hall–Kier alpha value is -4.58. The molecule has 4 aromatic carbocycles. The molecular weight excluding hydrogens is 490 g/mol. The summed E-state index contributed by atoms with van der Waals surface area (Å²) in [5.74, 6) is 0.286. The largest absolute Gasteiger partial charge is 0.485 e. The summed E-state index contributed by atoms with van der Waals surface area (Å²) in [6.07, 6.45) is 0.226. The van der Waals surface area contributed by atoms with E-state index < -0.39 is 12.0 Å². The van der Waals surface area contributed by atoms with Crippen molar-refractivity contribution >= 4 is 11.9 Å². The van der Waals surface area contributed by atoms with Crippen LogP contribution in [-0.4, -0.2) is 25.0 Å². The summed E-state index contributed by atoms with van der Waals surface area (Å²) in [5.41, 5.74) is 5.29. The summed E-state index contributed by atoms with van der Waals surface area (Å²) in [4.78, 5) is 25.7. The van der Waals surface area contributed by atoms with Crippen molar-refractivity contribution in [3.8, 4) is 11.5 Å². The molecule has 0 saturated heterocycles. The van der Waals surface area contributed by atoms with E-state index in [1.165, 1.54) is 7.11 Å². The van der Waals surface area contributed by atoms with E-state index in [9.17, 15) is 9.59 Å². The molecule has 0 aromatic heterocycles. The molecule has 200 valence electrons. The molecule has 0 unspecified atom stereocenters. The number of methoxy groups -OCH3 is 1.